The van der Waals surface area contributed by atoms with Gasteiger partial charge in [-0.3, -0.25) is 19.6 Å². The van der Waals surface area contributed by atoms with E-state index in [1.54, 1.807) is 12.3 Å². The number of likely N-dealkylation sites (tertiary alicyclic amines) is 2. The number of hydrogen-bond acceptors (Lipinski definition) is 4. The zero-order valence-electron chi connectivity index (χ0n) is 17.8. The van der Waals surface area contributed by atoms with Crippen LogP contribution in [0.3, 0.4) is 0 Å². The maximum absolute atomic E-state index is 14.1. The fraction of sp³-hybridized carbons (Fsp3) is 0.500. The molecule has 0 saturated carbocycles. The lowest BCUT2D eigenvalue weighted by Crippen LogP contribution is -2.46. The highest BCUT2D eigenvalue weighted by molar-refractivity contribution is 5.78. The topological polar surface area (TPSA) is 39.7 Å². The maximum Gasteiger partial charge on any atom is 0.236 e. The Bertz CT molecular complexity index is 861. The van der Waals surface area contributed by atoms with Gasteiger partial charge in [0, 0.05) is 56.1 Å². The van der Waals surface area contributed by atoms with Crippen molar-refractivity contribution in [2.75, 3.05) is 39.8 Å². The van der Waals surface area contributed by atoms with E-state index in [0.717, 1.165) is 63.1 Å². The van der Waals surface area contributed by atoms with Crippen LogP contribution in [0.25, 0.3) is 0 Å². The first kappa shape index (κ1) is 20.9. The van der Waals surface area contributed by atoms with E-state index in [0.29, 0.717) is 13.1 Å². The fourth-order valence-corrected chi connectivity index (χ4v) is 4.98. The molecule has 5 nitrogen and oxygen atoms in total. The molecule has 2 aliphatic heterocycles. The summed E-state index contributed by atoms with van der Waals surface area (Å²) < 4.78 is 14.1. The van der Waals surface area contributed by atoms with Gasteiger partial charge in [-0.1, -0.05) is 24.3 Å². The summed E-state index contributed by atoms with van der Waals surface area (Å²) in [5, 5.41) is 0. The lowest BCUT2D eigenvalue weighted by atomic mass is 9.79. The second kappa shape index (κ2) is 9.23. The highest BCUT2D eigenvalue weighted by Crippen LogP contribution is 2.39. The van der Waals surface area contributed by atoms with Crippen molar-refractivity contribution < 1.29 is 9.18 Å². The number of hydrogen-bond donors (Lipinski definition) is 0. The second-order valence-electron chi connectivity index (χ2n) is 9.00. The zero-order chi connectivity index (χ0) is 21.0. The quantitative estimate of drug-likeness (QED) is 0.733. The minimum Gasteiger partial charge on any atom is -0.341 e. The average molecular weight is 411 g/mol. The number of piperidine rings is 1. The molecular weight excluding hydrogens is 379 g/mol. The minimum atomic E-state index is -0.128. The molecule has 2 saturated heterocycles. The van der Waals surface area contributed by atoms with E-state index in [2.05, 4.69) is 14.8 Å². The molecule has 1 atom stereocenters. The summed E-state index contributed by atoms with van der Waals surface area (Å²) in [6.45, 7) is 5.37. The Balaban J connectivity index is 1.31. The molecule has 1 amide bonds. The van der Waals surface area contributed by atoms with Crippen molar-refractivity contribution in [1.82, 2.24) is 19.7 Å². The van der Waals surface area contributed by atoms with Crippen molar-refractivity contribution in [3.63, 3.8) is 0 Å². The second-order valence-corrected chi connectivity index (χ2v) is 9.00. The SMILES string of the molecule is CN(CC(=O)N1CC[C@@]2(CCCN(Cc3ccccc3F)C2)C1)Cc1cccnc1. The molecule has 1 aromatic heterocycles. The minimum absolute atomic E-state index is 0.128. The van der Waals surface area contributed by atoms with E-state index in [4.69, 9.17) is 0 Å². The van der Waals surface area contributed by atoms with E-state index in [-0.39, 0.29) is 17.1 Å². The smallest absolute Gasteiger partial charge is 0.236 e. The zero-order valence-corrected chi connectivity index (χ0v) is 17.8. The van der Waals surface area contributed by atoms with Crippen LogP contribution in [0.2, 0.25) is 0 Å². The number of pyridine rings is 1. The van der Waals surface area contributed by atoms with Crippen molar-refractivity contribution in [3.05, 3.63) is 65.7 Å². The highest BCUT2D eigenvalue weighted by atomic mass is 19.1. The molecule has 4 rings (SSSR count). The van der Waals surface area contributed by atoms with Crippen LogP contribution in [-0.2, 0) is 17.9 Å². The van der Waals surface area contributed by atoms with Gasteiger partial charge < -0.3 is 4.90 Å². The molecule has 2 fully saturated rings. The number of halogens is 1. The van der Waals surface area contributed by atoms with Gasteiger partial charge in [0.25, 0.3) is 0 Å². The van der Waals surface area contributed by atoms with Crippen molar-refractivity contribution in [2.45, 2.75) is 32.4 Å². The molecule has 0 aliphatic carbocycles. The molecule has 6 heteroatoms. The number of carbonyl (C=O) groups is 1. The Labute approximate surface area is 178 Å². The number of benzene rings is 1. The van der Waals surface area contributed by atoms with Crippen molar-refractivity contribution in [3.8, 4) is 0 Å². The Hall–Kier alpha value is -2.31. The van der Waals surface area contributed by atoms with Crippen molar-refractivity contribution in [2.24, 2.45) is 5.41 Å². The molecule has 160 valence electrons. The average Bonchev–Trinajstić information content (AvgIpc) is 3.14. The third-order valence-electron chi connectivity index (χ3n) is 6.46. The van der Waals surface area contributed by atoms with Crippen LogP contribution < -0.4 is 0 Å². The van der Waals surface area contributed by atoms with E-state index >= 15 is 0 Å². The molecule has 2 aliphatic rings. The van der Waals surface area contributed by atoms with Crippen LogP contribution in [0.1, 0.15) is 30.4 Å². The number of aromatic nitrogens is 1. The predicted octanol–water partition coefficient (Wildman–Crippen LogP) is 3.17. The normalized spacial score (nSPS) is 22.2. The number of amides is 1. The Morgan fingerprint density at radius 1 is 1.17 bits per heavy atom. The summed E-state index contributed by atoms with van der Waals surface area (Å²) >= 11 is 0. The van der Waals surface area contributed by atoms with Crippen LogP contribution in [0, 0.1) is 11.2 Å². The molecule has 2 aromatic rings. The number of rotatable bonds is 6. The Morgan fingerprint density at radius 3 is 2.83 bits per heavy atom. The number of carbonyl (C=O) groups excluding carboxylic acids is 1. The summed E-state index contributed by atoms with van der Waals surface area (Å²) in [6.07, 6.45) is 6.91. The summed E-state index contributed by atoms with van der Waals surface area (Å²) in [5.74, 6) is 0.0708. The van der Waals surface area contributed by atoms with Gasteiger partial charge in [-0.25, -0.2) is 4.39 Å². The monoisotopic (exact) mass is 410 g/mol. The lowest BCUT2D eigenvalue weighted by Gasteiger charge is -2.40. The van der Waals surface area contributed by atoms with E-state index in [9.17, 15) is 9.18 Å². The van der Waals surface area contributed by atoms with Crippen molar-refractivity contribution >= 4 is 5.91 Å². The van der Waals surface area contributed by atoms with E-state index in [1.807, 2.05) is 42.4 Å². The number of likely N-dealkylation sites (N-methyl/N-ethyl adjacent to an activating group) is 1. The van der Waals surface area contributed by atoms with Gasteiger partial charge in [0.05, 0.1) is 6.54 Å². The van der Waals surface area contributed by atoms with Gasteiger partial charge in [-0.15, -0.1) is 0 Å². The fourth-order valence-electron chi connectivity index (χ4n) is 4.98. The van der Waals surface area contributed by atoms with Gasteiger partial charge >= 0.3 is 0 Å². The molecule has 0 radical (unpaired) electrons. The highest BCUT2D eigenvalue weighted by Gasteiger charge is 2.42. The Kier molecular flexibility index (Phi) is 6.44. The molecule has 1 spiro atoms. The molecule has 1 aromatic carbocycles. The van der Waals surface area contributed by atoms with Gasteiger partial charge in [0.15, 0.2) is 0 Å². The summed E-state index contributed by atoms with van der Waals surface area (Å²) in [7, 11) is 1.98. The van der Waals surface area contributed by atoms with Gasteiger partial charge in [0.1, 0.15) is 5.82 Å². The van der Waals surface area contributed by atoms with Crippen LogP contribution >= 0.6 is 0 Å². The first-order valence-corrected chi connectivity index (χ1v) is 10.8. The summed E-state index contributed by atoms with van der Waals surface area (Å²) in [5.41, 5.74) is 2.03. The first-order valence-electron chi connectivity index (χ1n) is 10.8. The largest absolute Gasteiger partial charge is 0.341 e. The van der Waals surface area contributed by atoms with Crippen LogP contribution in [-0.4, -0.2) is 65.4 Å². The molecule has 3 heterocycles. The Morgan fingerprint density at radius 2 is 2.03 bits per heavy atom. The maximum atomic E-state index is 14.1. The van der Waals surface area contributed by atoms with Crippen LogP contribution in [0.15, 0.2) is 48.8 Å². The van der Waals surface area contributed by atoms with Crippen LogP contribution in [0.5, 0.6) is 0 Å². The lowest BCUT2D eigenvalue weighted by molar-refractivity contribution is -0.131. The van der Waals surface area contributed by atoms with Gasteiger partial charge in [-0.2, -0.15) is 0 Å². The molecular formula is C24H31FN4O. The number of nitrogens with zero attached hydrogens (tertiary/aromatic N) is 4. The van der Waals surface area contributed by atoms with Crippen molar-refractivity contribution in [1.29, 1.82) is 0 Å². The third kappa shape index (κ3) is 5.05. The summed E-state index contributed by atoms with van der Waals surface area (Å²) in [4.78, 5) is 23.5. The predicted molar refractivity (Wildman–Crippen MR) is 115 cm³/mol. The van der Waals surface area contributed by atoms with Gasteiger partial charge in [-0.05, 0) is 50.6 Å². The van der Waals surface area contributed by atoms with E-state index in [1.165, 1.54) is 6.07 Å². The third-order valence-corrected chi connectivity index (χ3v) is 6.46. The molecule has 30 heavy (non-hydrogen) atoms. The van der Waals surface area contributed by atoms with Gasteiger partial charge in [0.2, 0.25) is 5.91 Å². The van der Waals surface area contributed by atoms with E-state index < -0.39 is 0 Å². The molecule has 0 N–H and O–H groups in total. The standard InChI is InChI=1S/C24H31FN4O/c1-27(15-20-6-4-11-26-14-20)17-23(30)29-13-10-24(19-29)9-5-12-28(18-24)16-21-7-2-3-8-22(21)25/h2-4,6-8,11,14H,5,9-10,12-13,15-19H2,1H3/t24-/m1/s1. The molecule has 0 unspecified atom stereocenters. The molecule has 0 bridgehead atoms. The van der Waals surface area contributed by atoms with Crippen LogP contribution in [0.4, 0.5) is 4.39 Å². The summed E-state index contributed by atoms with van der Waals surface area (Å²) in [6, 6.07) is 11.0. The first-order chi connectivity index (χ1) is 14.5.